The molecule has 18 heavy (non-hydrogen) atoms. The molecule has 0 saturated carbocycles. The zero-order chi connectivity index (χ0) is 13.8. The van der Waals surface area contributed by atoms with Gasteiger partial charge in [-0.2, -0.15) is 0 Å². The normalized spacial score (nSPS) is 11.6. The molecule has 0 spiro atoms. The first-order valence-electron chi connectivity index (χ1n) is 5.82. The second-order valence-electron chi connectivity index (χ2n) is 4.70. The van der Waals surface area contributed by atoms with Gasteiger partial charge >= 0.3 is 5.97 Å². The number of nitrogens with two attached hydrogens (primary N) is 1. The summed E-state index contributed by atoms with van der Waals surface area (Å²) in [5.41, 5.74) is 5.56. The van der Waals surface area contributed by atoms with Gasteiger partial charge in [-0.25, -0.2) is 9.48 Å². The first kappa shape index (κ1) is 14.6. The monoisotopic (exact) mass is 256 g/mol. The van der Waals surface area contributed by atoms with Crippen molar-refractivity contribution in [2.45, 2.75) is 38.8 Å². The molecule has 1 heterocycles. The van der Waals surface area contributed by atoms with Crippen molar-refractivity contribution in [2.24, 2.45) is 5.73 Å². The van der Waals surface area contributed by atoms with Crippen LogP contribution in [-0.4, -0.2) is 45.3 Å². The highest BCUT2D eigenvalue weighted by molar-refractivity contribution is 5.88. The van der Waals surface area contributed by atoms with Gasteiger partial charge in [-0.15, -0.1) is 5.10 Å². The topological polar surface area (TPSA) is 103 Å². The fraction of sp³-hybridized carbons (Fsp3) is 0.727. The highest BCUT2D eigenvalue weighted by Crippen LogP contribution is 2.13. The molecule has 0 unspecified atom stereocenters. The van der Waals surface area contributed by atoms with Gasteiger partial charge in [0.1, 0.15) is 0 Å². The van der Waals surface area contributed by atoms with E-state index >= 15 is 0 Å². The number of rotatable bonds is 6. The number of carbonyl (C=O) groups is 1. The van der Waals surface area contributed by atoms with E-state index in [1.165, 1.54) is 7.11 Å². The van der Waals surface area contributed by atoms with E-state index in [4.69, 9.17) is 5.73 Å². The quantitative estimate of drug-likeness (QED) is 0.679. The number of aliphatic hydroxyl groups is 1. The van der Waals surface area contributed by atoms with Crippen molar-refractivity contribution >= 4 is 5.97 Å². The SMILES string of the molecule is COC(=O)c1nnn(CCC(C)(C)O)c1CCN. The molecule has 0 fully saturated rings. The fourth-order valence-corrected chi connectivity index (χ4v) is 1.53. The van der Waals surface area contributed by atoms with Crippen molar-refractivity contribution in [3.8, 4) is 0 Å². The van der Waals surface area contributed by atoms with E-state index in [1.54, 1.807) is 18.5 Å². The number of aryl methyl sites for hydroxylation is 1. The molecule has 0 atom stereocenters. The van der Waals surface area contributed by atoms with E-state index in [-0.39, 0.29) is 5.69 Å². The van der Waals surface area contributed by atoms with Gasteiger partial charge in [0.15, 0.2) is 5.69 Å². The van der Waals surface area contributed by atoms with Crippen LogP contribution in [0.2, 0.25) is 0 Å². The summed E-state index contributed by atoms with van der Waals surface area (Å²) in [7, 11) is 1.30. The van der Waals surface area contributed by atoms with Gasteiger partial charge in [0.2, 0.25) is 0 Å². The van der Waals surface area contributed by atoms with Gasteiger partial charge in [-0.1, -0.05) is 5.21 Å². The lowest BCUT2D eigenvalue weighted by Gasteiger charge is -2.17. The van der Waals surface area contributed by atoms with Crippen LogP contribution in [0.4, 0.5) is 0 Å². The molecule has 0 amide bonds. The standard InChI is InChI=1S/C11H20N4O3/c1-11(2,17)5-7-15-8(4-6-12)9(13-14-15)10(16)18-3/h17H,4-7,12H2,1-3H3. The number of carbonyl (C=O) groups excluding carboxylic acids is 1. The van der Waals surface area contributed by atoms with Crippen LogP contribution in [0.1, 0.15) is 36.5 Å². The van der Waals surface area contributed by atoms with Crippen LogP contribution in [0.3, 0.4) is 0 Å². The minimum absolute atomic E-state index is 0.193. The fourth-order valence-electron chi connectivity index (χ4n) is 1.53. The summed E-state index contributed by atoms with van der Waals surface area (Å²) in [4.78, 5) is 11.5. The van der Waals surface area contributed by atoms with Crippen LogP contribution in [-0.2, 0) is 17.7 Å². The van der Waals surface area contributed by atoms with Gasteiger partial charge in [0.05, 0.1) is 18.4 Å². The minimum Gasteiger partial charge on any atom is -0.464 e. The molecule has 102 valence electrons. The number of methoxy groups -OCH3 is 1. The average Bonchev–Trinajstić information content (AvgIpc) is 2.68. The molecule has 1 rings (SSSR count). The molecule has 0 saturated heterocycles. The summed E-state index contributed by atoms with van der Waals surface area (Å²) >= 11 is 0. The number of ether oxygens (including phenoxy) is 1. The maximum absolute atomic E-state index is 11.5. The average molecular weight is 256 g/mol. The van der Waals surface area contributed by atoms with Gasteiger partial charge in [0.25, 0.3) is 0 Å². The van der Waals surface area contributed by atoms with Crippen LogP contribution in [0, 0.1) is 0 Å². The summed E-state index contributed by atoms with van der Waals surface area (Å²) in [6.45, 7) is 4.30. The molecule has 0 aliphatic carbocycles. The Morgan fingerprint density at radius 1 is 1.56 bits per heavy atom. The molecular formula is C11H20N4O3. The molecule has 0 aliphatic heterocycles. The third-order valence-corrected chi connectivity index (χ3v) is 2.53. The predicted octanol–water partition coefficient (Wildman–Crippen LogP) is -0.273. The number of aromatic nitrogens is 3. The van der Waals surface area contributed by atoms with Crippen molar-refractivity contribution in [3.63, 3.8) is 0 Å². The van der Waals surface area contributed by atoms with E-state index in [2.05, 4.69) is 15.0 Å². The maximum atomic E-state index is 11.5. The maximum Gasteiger partial charge on any atom is 0.360 e. The van der Waals surface area contributed by atoms with Gasteiger partial charge in [0, 0.05) is 13.0 Å². The first-order chi connectivity index (χ1) is 8.39. The largest absolute Gasteiger partial charge is 0.464 e. The highest BCUT2D eigenvalue weighted by Gasteiger charge is 2.21. The van der Waals surface area contributed by atoms with Crippen molar-refractivity contribution in [2.75, 3.05) is 13.7 Å². The third-order valence-electron chi connectivity index (χ3n) is 2.53. The molecule has 1 aromatic rings. The summed E-state index contributed by atoms with van der Waals surface area (Å²) in [5, 5.41) is 17.4. The zero-order valence-corrected chi connectivity index (χ0v) is 11.0. The number of nitrogens with zero attached hydrogens (tertiary/aromatic N) is 3. The van der Waals surface area contributed by atoms with Crippen molar-refractivity contribution < 1.29 is 14.6 Å². The second kappa shape index (κ2) is 5.92. The zero-order valence-electron chi connectivity index (χ0n) is 11.0. The Morgan fingerprint density at radius 2 is 2.22 bits per heavy atom. The van der Waals surface area contributed by atoms with Gasteiger partial charge in [-0.3, -0.25) is 0 Å². The Kier molecular flexibility index (Phi) is 4.80. The minimum atomic E-state index is -0.794. The van der Waals surface area contributed by atoms with Crippen LogP contribution in [0.25, 0.3) is 0 Å². The summed E-state index contributed by atoms with van der Waals surface area (Å²) in [5.74, 6) is -0.520. The van der Waals surface area contributed by atoms with Crippen LogP contribution in [0.5, 0.6) is 0 Å². The number of hydrogen-bond acceptors (Lipinski definition) is 6. The Labute approximate surface area is 106 Å². The van der Waals surface area contributed by atoms with E-state index in [0.717, 1.165) is 0 Å². The molecule has 0 radical (unpaired) electrons. The van der Waals surface area contributed by atoms with E-state index < -0.39 is 11.6 Å². The van der Waals surface area contributed by atoms with Crippen molar-refractivity contribution in [3.05, 3.63) is 11.4 Å². The van der Waals surface area contributed by atoms with Crippen LogP contribution in [0.15, 0.2) is 0 Å². The lowest BCUT2D eigenvalue weighted by atomic mass is 10.1. The number of esters is 1. The Hall–Kier alpha value is -1.47. The van der Waals surface area contributed by atoms with Crippen LogP contribution < -0.4 is 5.73 Å². The molecule has 3 N–H and O–H groups in total. The first-order valence-corrected chi connectivity index (χ1v) is 5.82. The van der Waals surface area contributed by atoms with Crippen molar-refractivity contribution in [1.29, 1.82) is 0 Å². The smallest absolute Gasteiger partial charge is 0.360 e. The summed E-state index contributed by atoms with van der Waals surface area (Å²) in [6.07, 6.45) is 0.998. The molecule has 0 aromatic carbocycles. The Bertz CT molecular complexity index is 409. The van der Waals surface area contributed by atoms with Gasteiger partial charge < -0.3 is 15.6 Å². The van der Waals surface area contributed by atoms with Gasteiger partial charge in [-0.05, 0) is 26.8 Å². The lowest BCUT2D eigenvalue weighted by Crippen LogP contribution is -2.23. The third kappa shape index (κ3) is 3.78. The predicted molar refractivity (Wildman–Crippen MR) is 65.0 cm³/mol. The van der Waals surface area contributed by atoms with Crippen LogP contribution >= 0.6 is 0 Å². The highest BCUT2D eigenvalue weighted by atomic mass is 16.5. The van der Waals surface area contributed by atoms with Crippen molar-refractivity contribution in [1.82, 2.24) is 15.0 Å². The number of hydrogen-bond donors (Lipinski definition) is 2. The van der Waals surface area contributed by atoms with E-state index in [9.17, 15) is 9.90 Å². The Morgan fingerprint density at radius 3 is 2.72 bits per heavy atom. The molecule has 7 heteroatoms. The molecule has 0 aliphatic rings. The molecule has 0 bridgehead atoms. The summed E-state index contributed by atoms with van der Waals surface area (Å²) < 4.78 is 6.23. The Balaban J connectivity index is 2.91. The summed E-state index contributed by atoms with van der Waals surface area (Å²) in [6, 6.07) is 0. The van der Waals surface area contributed by atoms with E-state index in [0.29, 0.717) is 31.6 Å². The molecule has 1 aromatic heterocycles. The van der Waals surface area contributed by atoms with E-state index in [1.807, 2.05) is 0 Å². The lowest BCUT2D eigenvalue weighted by molar-refractivity contribution is 0.0592. The molecule has 7 nitrogen and oxygen atoms in total. The second-order valence-corrected chi connectivity index (χ2v) is 4.70. The molecular weight excluding hydrogens is 236 g/mol.